The Bertz CT molecular complexity index is 1870. The van der Waals surface area contributed by atoms with Gasteiger partial charge in [0.05, 0.1) is 24.8 Å². The average Bonchev–Trinajstić information content (AvgIpc) is 3.06. The van der Waals surface area contributed by atoms with Crippen LogP contribution in [0.3, 0.4) is 0 Å². The van der Waals surface area contributed by atoms with Crippen LogP contribution in [0, 0.1) is 5.82 Å². The van der Waals surface area contributed by atoms with Crippen LogP contribution in [0.2, 0.25) is 10.0 Å². The number of rotatable bonds is 13. The van der Waals surface area contributed by atoms with E-state index >= 15 is 0 Å². The Morgan fingerprint density at radius 3 is 2.04 bits per heavy atom. The Balaban J connectivity index is 1.87. The van der Waals surface area contributed by atoms with Gasteiger partial charge in [-0.25, -0.2) is 12.8 Å². The summed E-state index contributed by atoms with van der Waals surface area (Å²) in [6.45, 7) is 4.45. The van der Waals surface area contributed by atoms with Crippen molar-refractivity contribution in [1.29, 1.82) is 0 Å². The lowest BCUT2D eigenvalue weighted by Crippen LogP contribution is -2.56. The molecule has 4 aromatic carbocycles. The first-order valence-electron chi connectivity index (χ1n) is 15.2. The zero-order valence-corrected chi connectivity index (χ0v) is 30.1. The van der Waals surface area contributed by atoms with Crippen molar-refractivity contribution in [3.05, 3.63) is 118 Å². The summed E-state index contributed by atoms with van der Waals surface area (Å²) < 4.78 is 54.2. The molecule has 2 amide bonds. The standard InChI is InChI=1S/C36H38Cl2FN3O6S/c1-36(2,3)40-35(44)31(20-24-10-7-6-8-11-24)41(22-28-29(37)12-9-13-30(28)38)34(43)23-42(26-16-14-25(39)15-17-26)49(45,46)27-18-19-32(47-4)33(21-27)48-5/h6-19,21,31H,20,22-23H2,1-5H3,(H,40,44)/t31-/m0/s1. The van der Waals surface area contributed by atoms with Crippen molar-refractivity contribution < 1.29 is 31.9 Å². The number of carbonyl (C=O) groups is 2. The normalized spacial score (nSPS) is 12.2. The summed E-state index contributed by atoms with van der Waals surface area (Å²) in [5, 5.41) is 3.48. The summed E-state index contributed by atoms with van der Waals surface area (Å²) in [5.74, 6) is -1.37. The molecule has 0 bridgehead atoms. The fraction of sp³-hybridized carbons (Fsp3) is 0.278. The van der Waals surface area contributed by atoms with Gasteiger partial charge in [-0.3, -0.25) is 13.9 Å². The molecule has 13 heteroatoms. The minimum atomic E-state index is -4.50. The van der Waals surface area contributed by atoms with E-state index in [4.69, 9.17) is 32.7 Å². The van der Waals surface area contributed by atoms with E-state index in [1.807, 2.05) is 51.1 Å². The van der Waals surface area contributed by atoms with E-state index in [1.165, 1.54) is 49.5 Å². The molecule has 0 aliphatic heterocycles. The molecule has 1 N–H and O–H groups in total. The Morgan fingerprint density at radius 1 is 0.857 bits per heavy atom. The summed E-state index contributed by atoms with van der Waals surface area (Å²) >= 11 is 13.1. The number of anilines is 1. The van der Waals surface area contributed by atoms with Crippen molar-refractivity contribution in [2.45, 2.75) is 50.2 Å². The van der Waals surface area contributed by atoms with Crippen LogP contribution in [0.1, 0.15) is 31.9 Å². The van der Waals surface area contributed by atoms with Crippen molar-refractivity contribution in [3.8, 4) is 11.5 Å². The molecule has 260 valence electrons. The Labute approximate surface area is 296 Å². The largest absolute Gasteiger partial charge is 0.493 e. The maximum Gasteiger partial charge on any atom is 0.264 e. The summed E-state index contributed by atoms with van der Waals surface area (Å²) in [4.78, 5) is 29.8. The molecule has 49 heavy (non-hydrogen) atoms. The summed E-state index contributed by atoms with van der Waals surface area (Å²) in [6.07, 6.45) is 0.0928. The predicted molar refractivity (Wildman–Crippen MR) is 189 cm³/mol. The van der Waals surface area contributed by atoms with E-state index in [0.29, 0.717) is 11.3 Å². The smallest absolute Gasteiger partial charge is 0.264 e. The average molecular weight is 731 g/mol. The Morgan fingerprint density at radius 2 is 1.47 bits per heavy atom. The van der Waals surface area contributed by atoms with Gasteiger partial charge in [0.25, 0.3) is 10.0 Å². The molecule has 4 rings (SSSR count). The van der Waals surface area contributed by atoms with Gasteiger partial charge in [-0.15, -0.1) is 0 Å². The van der Waals surface area contributed by atoms with Gasteiger partial charge in [0.1, 0.15) is 18.4 Å². The number of ether oxygens (including phenoxy) is 2. The van der Waals surface area contributed by atoms with Crippen LogP contribution in [-0.4, -0.2) is 57.5 Å². The van der Waals surface area contributed by atoms with Gasteiger partial charge in [-0.05, 0) is 74.9 Å². The highest BCUT2D eigenvalue weighted by Crippen LogP contribution is 2.33. The van der Waals surface area contributed by atoms with Crippen LogP contribution in [0.5, 0.6) is 11.5 Å². The third-order valence-electron chi connectivity index (χ3n) is 7.50. The highest BCUT2D eigenvalue weighted by Gasteiger charge is 2.36. The number of methoxy groups -OCH3 is 2. The van der Waals surface area contributed by atoms with Crippen molar-refractivity contribution in [3.63, 3.8) is 0 Å². The first-order valence-corrected chi connectivity index (χ1v) is 17.4. The summed E-state index contributed by atoms with van der Waals surface area (Å²) in [7, 11) is -1.72. The minimum absolute atomic E-state index is 0.0130. The number of hydrogen-bond acceptors (Lipinski definition) is 6. The van der Waals surface area contributed by atoms with Crippen LogP contribution < -0.4 is 19.1 Å². The number of sulfonamides is 1. The lowest BCUT2D eigenvalue weighted by molar-refractivity contribution is -0.140. The number of benzene rings is 4. The molecule has 0 saturated heterocycles. The van der Waals surface area contributed by atoms with Gasteiger partial charge in [0, 0.05) is 40.2 Å². The lowest BCUT2D eigenvalue weighted by atomic mass is 10.0. The van der Waals surface area contributed by atoms with Crippen LogP contribution in [-0.2, 0) is 32.6 Å². The first-order chi connectivity index (χ1) is 23.1. The van der Waals surface area contributed by atoms with Crippen molar-refractivity contribution >= 4 is 50.7 Å². The maximum atomic E-state index is 14.7. The predicted octanol–water partition coefficient (Wildman–Crippen LogP) is 6.90. The molecular weight excluding hydrogens is 692 g/mol. The third kappa shape index (κ3) is 9.44. The highest BCUT2D eigenvalue weighted by molar-refractivity contribution is 7.92. The first kappa shape index (κ1) is 37.5. The van der Waals surface area contributed by atoms with Gasteiger partial charge in [-0.1, -0.05) is 59.6 Å². The number of hydrogen-bond donors (Lipinski definition) is 1. The molecule has 0 spiro atoms. The third-order valence-corrected chi connectivity index (χ3v) is 9.97. The SMILES string of the molecule is COc1ccc(S(=O)(=O)N(CC(=O)N(Cc2c(Cl)cccc2Cl)[C@@H](Cc2ccccc2)C(=O)NC(C)(C)C)c2ccc(F)cc2)cc1OC. The Kier molecular flexibility index (Phi) is 12.2. The van der Waals surface area contributed by atoms with E-state index in [1.54, 1.807) is 18.2 Å². The second kappa shape index (κ2) is 15.9. The fourth-order valence-corrected chi connectivity index (χ4v) is 7.05. The molecule has 0 saturated carbocycles. The number of halogens is 3. The van der Waals surface area contributed by atoms with Crippen molar-refractivity contribution in [2.75, 3.05) is 25.1 Å². The van der Waals surface area contributed by atoms with Crippen LogP contribution in [0.4, 0.5) is 10.1 Å². The molecular formula is C36H38Cl2FN3O6S. The number of nitrogens with one attached hydrogen (secondary N) is 1. The molecule has 1 atom stereocenters. The topological polar surface area (TPSA) is 105 Å². The van der Waals surface area contributed by atoms with Gasteiger partial charge >= 0.3 is 0 Å². The highest BCUT2D eigenvalue weighted by atomic mass is 35.5. The van der Waals surface area contributed by atoms with E-state index in [-0.39, 0.29) is 39.3 Å². The number of nitrogens with zero attached hydrogens (tertiary/aromatic N) is 2. The molecule has 0 radical (unpaired) electrons. The second-order valence-electron chi connectivity index (χ2n) is 12.2. The van der Waals surface area contributed by atoms with Crippen LogP contribution >= 0.6 is 23.2 Å². The zero-order chi connectivity index (χ0) is 35.9. The van der Waals surface area contributed by atoms with E-state index in [9.17, 15) is 22.4 Å². The quantitative estimate of drug-likeness (QED) is 0.161. The van der Waals surface area contributed by atoms with Gasteiger partial charge in [0.2, 0.25) is 11.8 Å². The van der Waals surface area contributed by atoms with Crippen molar-refractivity contribution in [1.82, 2.24) is 10.2 Å². The summed E-state index contributed by atoms with van der Waals surface area (Å²) in [6, 6.07) is 21.6. The maximum absolute atomic E-state index is 14.7. The van der Waals surface area contributed by atoms with Gasteiger partial charge in [-0.2, -0.15) is 0 Å². The second-order valence-corrected chi connectivity index (χ2v) is 14.8. The van der Waals surface area contributed by atoms with Crippen LogP contribution in [0.15, 0.2) is 95.9 Å². The number of amides is 2. The Hall–Kier alpha value is -4.32. The molecule has 0 aliphatic carbocycles. The molecule has 9 nitrogen and oxygen atoms in total. The molecule has 0 aliphatic rings. The fourth-order valence-electron chi connectivity index (χ4n) is 5.10. The van der Waals surface area contributed by atoms with Gasteiger partial charge in [0.15, 0.2) is 11.5 Å². The van der Waals surface area contributed by atoms with Crippen molar-refractivity contribution in [2.24, 2.45) is 0 Å². The van der Waals surface area contributed by atoms with E-state index in [2.05, 4.69) is 5.32 Å². The van der Waals surface area contributed by atoms with Gasteiger partial charge < -0.3 is 19.7 Å². The molecule has 0 fully saturated rings. The monoisotopic (exact) mass is 729 g/mol. The zero-order valence-electron chi connectivity index (χ0n) is 27.7. The molecule has 0 aromatic heterocycles. The lowest BCUT2D eigenvalue weighted by Gasteiger charge is -2.35. The summed E-state index contributed by atoms with van der Waals surface area (Å²) in [5.41, 5.74) is 0.475. The van der Waals surface area contributed by atoms with Crippen LogP contribution in [0.25, 0.3) is 0 Å². The minimum Gasteiger partial charge on any atom is -0.493 e. The van der Waals surface area contributed by atoms with E-state index < -0.39 is 45.8 Å². The van der Waals surface area contributed by atoms with E-state index in [0.717, 1.165) is 22.0 Å². The molecule has 4 aromatic rings. The number of carbonyl (C=O) groups excluding carboxylic acids is 2. The molecule has 0 unspecified atom stereocenters. The molecule has 0 heterocycles.